The van der Waals surface area contributed by atoms with Crippen molar-refractivity contribution in [2.75, 3.05) is 13.1 Å². The fourth-order valence-corrected chi connectivity index (χ4v) is 2.60. The highest BCUT2D eigenvalue weighted by atomic mass is 16.4. The Morgan fingerprint density at radius 1 is 1.37 bits per heavy atom. The molecule has 1 aliphatic rings. The summed E-state index contributed by atoms with van der Waals surface area (Å²) in [4.78, 5) is 23.0. The molecule has 5 nitrogen and oxygen atoms in total. The first kappa shape index (κ1) is 16.0. The molecule has 19 heavy (non-hydrogen) atoms. The van der Waals surface area contributed by atoms with E-state index < -0.39 is 11.4 Å². The molecule has 5 heteroatoms. The summed E-state index contributed by atoms with van der Waals surface area (Å²) >= 11 is 0. The summed E-state index contributed by atoms with van der Waals surface area (Å²) in [5, 5.41) is 11.9. The number of carboxylic acid groups (broad SMARTS) is 1. The summed E-state index contributed by atoms with van der Waals surface area (Å²) in [7, 11) is 0. The maximum absolute atomic E-state index is 11.8. The Kier molecular flexibility index (Phi) is 5.79. The van der Waals surface area contributed by atoms with E-state index in [-0.39, 0.29) is 18.4 Å². The first-order valence-electron chi connectivity index (χ1n) is 7.10. The predicted molar refractivity (Wildman–Crippen MR) is 73.5 cm³/mol. The van der Waals surface area contributed by atoms with E-state index >= 15 is 0 Å². The number of rotatable bonds is 8. The molecule has 0 unspecified atom stereocenters. The summed E-state index contributed by atoms with van der Waals surface area (Å²) in [5.74, 6) is -0.180. The van der Waals surface area contributed by atoms with Crippen LogP contribution in [0.15, 0.2) is 0 Å². The van der Waals surface area contributed by atoms with Crippen LogP contribution < -0.4 is 11.1 Å². The van der Waals surface area contributed by atoms with Crippen molar-refractivity contribution in [3.8, 4) is 0 Å². The molecule has 0 aromatic rings. The van der Waals surface area contributed by atoms with E-state index in [4.69, 9.17) is 5.73 Å². The van der Waals surface area contributed by atoms with E-state index in [1.165, 1.54) is 0 Å². The van der Waals surface area contributed by atoms with Gasteiger partial charge in [0.15, 0.2) is 0 Å². The Balaban J connectivity index is 2.36. The van der Waals surface area contributed by atoms with E-state index in [1.54, 1.807) is 0 Å². The van der Waals surface area contributed by atoms with Gasteiger partial charge in [-0.05, 0) is 37.6 Å². The van der Waals surface area contributed by atoms with Crippen LogP contribution >= 0.6 is 0 Å². The van der Waals surface area contributed by atoms with Gasteiger partial charge in [0.25, 0.3) is 0 Å². The second-order valence-electron chi connectivity index (χ2n) is 6.15. The van der Waals surface area contributed by atoms with Gasteiger partial charge in [-0.15, -0.1) is 0 Å². The first-order chi connectivity index (χ1) is 8.89. The number of hydrogen-bond acceptors (Lipinski definition) is 3. The van der Waals surface area contributed by atoms with Crippen molar-refractivity contribution >= 4 is 11.9 Å². The highest BCUT2D eigenvalue weighted by Crippen LogP contribution is 2.40. The van der Waals surface area contributed by atoms with Crippen LogP contribution in [0.1, 0.15) is 46.0 Å². The number of nitrogens with two attached hydrogens (primary N) is 1. The minimum absolute atomic E-state index is 0.0800. The second-order valence-corrected chi connectivity index (χ2v) is 6.15. The summed E-state index contributed by atoms with van der Waals surface area (Å²) in [6.07, 6.45) is 3.57. The standard InChI is InChI=1S/C14H26N2O3/c1-10(2)6-11(8-15)7-12(17)16-9-14(13(18)19)4-3-5-14/h10-11H,3-9,15H2,1-2H3,(H,16,17)(H,18,19)/t11-/m0/s1. The Morgan fingerprint density at radius 2 is 2.00 bits per heavy atom. The molecule has 0 spiro atoms. The van der Waals surface area contributed by atoms with Gasteiger partial charge in [-0.25, -0.2) is 0 Å². The zero-order valence-electron chi connectivity index (χ0n) is 11.9. The third kappa shape index (κ3) is 4.49. The maximum Gasteiger partial charge on any atom is 0.311 e. The molecular formula is C14H26N2O3. The zero-order chi connectivity index (χ0) is 14.5. The average Bonchev–Trinajstić information content (AvgIpc) is 2.25. The predicted octanol–water partition coefficient (Wildman–Crippen LogP) is 1.37. The highest BCUT2D eigenvalue weighted by molar-refractivity contribution is 5.79. The van der Waals surface area contributed by atoms with Gasteiger partial charge < -0.3 is 16.2 Å². The quantitative estimate of drug-likeness (QED) is 0.621. The van der Waals surface area contributed by atoms with Gasteiger partial charge in [-0.1, -0.05) is 20.3 Å². The van der Waals surface area contributed by atoms with E-state index in [9.17, 15) is 14.7 Å². The van der Waals surface area contributed by atoms with Gasteiger partial charge in [0.05, 0.1) is 5.41 Å². The third-order valence-corrected chi connectivity index (χ3v) is 4.00. The minimum atomic E-state index is -0.795. The highest BCUT2D eigenvalue weighted by Gasteiger charge is 2.44. The SMILES string of the molecule is CC(C)C[C@H](CN)CC(=O)NCC1(C(=O)O)CCC1. The van der Waals surface area contributed by atoms with Gasteiger partial charge in [-0.2, -0.15) is 0 Å². The Hall–Kier alpha value is -1.10. The molecule has 110 valence electrons. The first-order valence-corrected chi connectivity index (χ1v) is 7.10. The van der Waals surface area contributed by atoms with Crippen LogP contribution in [-0.4, -0.2) is 30.1 Å². The molecule has 0 heterocycles. The van der Waals surface area contributed by atoms with Crippen LogP contribution in [0.4, 0.5) is 0 Å². The minimum Gasteiger partial charge on any atom is -0.481 e. The van der Waals surface area contributed by atoms with Crippen molar-refractivity contribution in [3.63, 3.8) is 0 Å². The molecular weight excluding hydrogens is 244 g/mol. The largest absolute Gasteiger partial charge is 0.481 e. The third-order valence-electron chi connectivity index (χ3n) is 4.00. The van der Waals surface area contributed by atoms with Crippen LogP contribution in [0.2, 0.25) is 0 Å². The smallest absolute Gasteiger partial charge is 0.311 e. The molecule has 1 saturated carbocycles. The fourth-order valence-electron chi connectivity index (χ4n) is 2.60. The molecule has 0 aromatic carbocycles. The normalized spacial score (nSPS) is 18.7. The van der Waals surface area contributed by atoms with Gasteiger partial charge in [0, 0.05) is 13.0 Å². The second kappa shape index (κ2) is 6.89. The molecule has 1 atom stereocenters. The molecule has 0 aromatic heterocycles. The van der Waals surface area contributed by atoms with Crippen LogP contribution in [0.3, 0.4) is 0 Å². The molecule has 4 N–H and O–H groups in total. The van der Waals surface area contributed by atoms with Gasteiger partial charge in [0.1, 0.15) is 0 Å². The lowest BCUT2D eigenvalue weighted by Gasteiger charge is -2.37. The van der Waals surface area contributed by atoms with Crippen LogP contribution in [0.25, 0.3) is 0 Å². The molecule has 0 aliphatic heterocycles. The summed E-state index contributed by atoms with van der Waals surface area (Å²) in [5.41, 5.74) is 4.95. The summed E-state index contributed by atoms with van der Waals surface area (Å²) in [6.45, 7) is 4.96. The molecule has 0 radical (unpaired) electrons. The molecule has 0 saturated heterocycles. The Morgan fingerprint density at radius 3 is 2.37 bits per heavy atom. The number of carboxylic acids is 1. The van der Waals surface area contributed by atoms with E-state index in [0.717, 1.165) is 12.8 Å². The monoisotopic (exact) mass is 270 g/mol. The lowest BCUT2D eigenvalue weighted by Crippen LogP contribution is -2.47. The molecule has 1 amide bonds. The molecule has 1 rings (SSSR count). The average molecular weight is 270 g/mol. The van der Waals surface area contributed by atoms with Crippen molar-refractivity contribution in [2.45, 2.75) is 46.0 Å². The van der Waals surface area contributed by atoms with Crippen LogP contribution in [0.5, 0.6) is 0 Å². The number of aliphatic carboxylic acids is 1. The van der Waals surface area contributed by atoms with E-state index in [2.05, 4.69) is 19.2 Å². The number of carbonyl (C=O) groups is 2. The lowest BCUT2D eigenvalue weighted by atomic mass is 9.69. The summed E-state index contributed by atoms with van der Waals surface area (Å²) in [6, 6.07) is 0. The molecule has 1 fully saturated rings. The van der Waals surface area contributed by atoms with Crippen molar-refractivity contribution in [3.05, 3.63) is 0 Å². The van der Waals surface area contributed by atoms with Crippen LogP contribution in [-0.2, 0) is 9.59 Å². The van der Waals surface area contributed by atoms with Crippen molar-refractivity contribution in [2.24, 2.45) is 23.0 Å². The molecule has 0 bridgehead atoms. The number of amides is 1. The van der Waals surface area contributed by atoms with Gasteiger partial charge >= 0.3 is 5.97 Å². The zero-order valence-corrected chi connectivity index (χ0v) is 11.9. The van der Waals surface area contributed by atoms with E-state index in [1.807, 2.05) is 0 Å². The maximum atomic E-state index is 11.8. The number of carbonyl (C=O) groups excluding carboxylic acids is 1. The topological polar surface area (TPSA) is 92.4 Å². The molecule has 1 aliphatic carbocycles. The van der Waals surface area contributed by atoms with Crippen molar-refractivity contribution in [1.29, 1.82) is 0 Å². The summed E-state index contributed by atoms with van der Waals surface area (Å²) < 4.78 is 0. The van der Waals surface area contributed by atoms with E-state index in [0.29, 0.717) is 31.7 Å². The van der Waals surface area contributed by atoms with Crippen LogP contribution in [0, 0.1) is 17.3 Å². The van der Waals surface area contributed by atoms with Gasteiger partial charge in [-0.3, -0.25) is 9.59 Å². The Labute approximate surface area is 114 Å². The Bertz CT molecular complexity index is 325. The van der Waals surface area contributed by atoms with Gasteiger partial charge in [0.2, 0.25) is 5.91 Å². The number of hydrogen-bond donors (Lipinski definition) is 3. The lowest BCUT2D eigenvalue weighted by molar-refractivity contribution is -0.154. The number of nitrogens with one attached hydrogen (secondary N) is 1. The van der Waals surface area contributed by atoms with Crippen molar-refractivity contribution < 1.29 is 14.7 Å². The fraction of sp³-hybridized carbons (Fsp3) is 0.857. The van der Waals surface area contributed by atoms with Crippen molar-refractivity contribution in [1.82, 2.24) is 5.32 Å².